The van der Waals surface area contributed by atoms with Gasteiger partial charge >= 0.3 is 0 Å². The maximum absolute atomic E-state index is 13.4. The summed E-state index contributed by atoms with van der Waals surface area (Å²) >= 11 is 0. The van der Waals surface area contributed by atoms with Gasteiger partial charge in [0.2, 0.25) is 0 Å². The fourth-order valence-corrected chi connectivity index (χ4v) is 4.75. The minimum atomic E-state index is -0.121. The van der Waals surface area contributed by atoms with Gasteiger partial charge in [-0.25, -0.2) is 4.98 Å². The number of rotatable bonds is 2. The van der Waals surface area contributed by atoms with Crippen LogP contribution in [0.1, 0.15) is 47.3 Å². The molecule has 4 aromatic rings. The highest BCUT2D eigenvalue weighted by molar-refractivity contribution is 5.98. The Morgan fingerprint density at radius 2 is 2.00 bits per heavy atom. The first-order chi connectivity index (χ1) is 14.7. The molecule has 2 aliphatic rings. The largest absolute Gasteiger partial charge is 0.328 e. The Hall–Kier alpha value is -3.55. The minimum absolute atomic E-state index is 0.0134. The maximum Gasteiger partial charge on any atom is 0.261 e. The van der Waals surface area contributed by atoms with Crippen LogP contribution in [0, 0.1) is 0 Å². The van der Waals surface area contributed by atoms with Crippen LogP contribution in [0.25, 0.3) is 16.6 Å². The van der Waals surface area contributed by atoms with E-state index in [4.69, 9.17) is 0 Å². The van der Waals surface area contributed by atoms with E-state index in [2.05, 4.69) is 15.2 Å². The third-order valence-electron chi connectivity index (χ3n) is 6.22. The molecule has 1 amide bonds. The number of carbonyl (C=O) groups is 1. The quantitative estimate of drug-likeness (QED) is 0.516. The summed E-state index contributed by atoms with van der Waals surface area (Å²) in [6, 6.07) is 10.9. The zero-order valence-corrected chi connectivity index (χ0v) is 16.4. The van der Waals surface area contributed by atoms with E-state index in [0.717, 1.165) is 49.5 Å². The lowest BCUT2D eigenvalue weighted by Gasteiger charge is -2.23. The third-order valence-corrected chi connectivity index (χ3v) is 6.22. The van der Waals surface area contributed by atoms with Gasteiger partial charge in [-0.05, 0) is 49.6 Å². The van der Waals surface area contributed by atoms with Gasteiger partial charge in [-0.3, -0.25) is 18.6 Å². The first-order valence-corrected chi connectivity index (χ1v) is 10.3. The third kappa shape index (κ3) is 2.49. The van der Waals surface area contributed by atoms with Crippen LogP contribution in [-0.4, -0.2) is 41.5 Å². The van der Waals surface area contributed by atoms with Crippen molar-refractivity contribution in [1.29, 1.82) is 0 Å². The molecule has 0 N–H and O–H groups in total. The van der Waals surface area contributed by atoms with E-state index >= 15 is 0 Å². The van der Waals surface area contributed by atoms with Gasteiger partial charge in [0.05, 0.1) is 16.9 Å². The number of likely N-dealkylation sites (tertiary alicyclic amines) is 1. The number of pyridine rings is 1. The molecule has 1 unspecified atom stereocenters. The monoisotopic (exact) mass is 400 g/mol. The molecule has 0 aliphatic carbocycles. The average molecular weight is 400 g/mol. The smallest absolute Gasteiger partial charge is 0.261 e. The molecule has 1 aromatic carbocycles. The van der Waals surface area contributed by atoms with E-state index in [1.807, 2.05) is 33.7 Å². The van der Waals surface area contributed by atoms with Crippen molar-refractivity contribution in [3.05, 3.63) is 70.2 Å². The highest BCUT2D eigenvalue weighted by Gasteiger charge is 2.34. The van der Waals surface area contributed by atoms with E-state index in [-0.39, 0.29) is 17.5 Å². The Morgan fingerprint density at radius 1 is 1.07 bits per heavy atom. The topological polar surface area (TPSA) is 85.4 Å². The van der Waals surface area contributed by atoms with Gasteiger partial charge in [0, 0.05) is 31.3 Å². The molecule has 5 heterocycles. The first kappa shape index (κ1) is 17.3. The molecule has 1 atom stereocenters. The van der Waals surface area contributed by atoms with Crippen molar-refractivity contribution in [2.45, 2.75) is 38.3 Å². The van der Waals surface area contributed by atoms with E-state index in [9.17, 15) is 9.59 Å². The SMILES string of the molecule is O=C(c1ccc2c(=O)n3c(nc2c1)CCC3)N1CCCC1c1nnc2ccccn12. The number of aryl methyl sites for hydroxylation is 1. The summed E-state index contributed by atoms with van der Waals surface area (Å²) in [5, 5.41) is 9.18. The molecule has 0 bridgehead atoms. The minimum Gasteiger partial charge on any atom is -0.328 e. The van der Waals surface area contributed by atoms with Crippen LogP contribution in [0.3, 0.4) is 0 Å². The van der Waals surface area contributed by atoms with Crippen LogP contribution in [0.15, 0.2) is 47.4 Å². The molecule has 1 saturated heterocycles. The first-order valence-electron chi connectivity index (χ1n) is 10.3. The van der Waals surface area contributed by atoms with Gasteiger partial charge in [-0.1, -0.05) is 6.07 Å². The maximum atomic E-state index is 13.4. The standard InChI is InChI=1S/C22H20N6O2/c29-21(14-8-9-15-16(13-14)23-18-7-4-12-28(18)22(15)30)26-11-3-5-17(26)20-25-24-19-6-1-2-10-27(19)20/h1-2,6,8-10,13,17H,3-5,7,11-12H2. The molecule has 6 rings (SSSR count). The normalized spacial score (nSPS) is 18.4. The molecule has 30 heavy (non-hydrogen) atoms. The van der Waals surface area contributed by atoms with Crippen molar-refractivity contribution in [3.63, 3.8) is 0 Å². The van der Waals surface area contributed by atoms with E-state index in [1.54, 1.807) is 22.8 Å². The van der Waals surface area contributed by atoms with Crippen LogP contribution < -0.4 is 5.56 Å². The highest BCUT2D eigenvalue weighted by Crippen LogP contribution is 2.32. The zero-order valence-electron chi connectivity index (χ0n) is 16.4. The van der Waals surface area contributed by atoms with Crippen LogP contribution in [0.2, 0.25) is 0 Å². The number of fused-ring (bicyclic) bond motifs is 3. The summed E-state index contributed by atoms with van der Waals surface area (Å²) in [5.74, 6) is 1.53. The Kier molecular flexibility index (Phi) is 3.74. The number of amides is 1. The molecule has 1 fully saturated rings. The summed E-state index contributed by atoms with van der Waals surface area (Å²) in [6.45, 7) is 1.39. The Balaban J connectivity index is 1.39. The second-order valence-electron chi connectivity index (χ2n) is 7.96. The Bertz CT molecular complexity index is 1370. The summed E-state index contributed by atoms with van der Waals surface area (Å²) in [4.78, 5) is 32.6. The predicted octanol–water partition coefficient (Wildman–Crippen LogP) is 2.36. The van der Waals surface area contributed by atoms with Crippen LogP contribution in [0.5, 0.6) is 0 Å². The van der Waals surface area contributed by atoms with Gasteiger partial charge in [-0.15, -0.1) is 10.2 Å². The molecule has 8 nitrogen and oxygen atoms in total. The van der Waals surface area contributed by atoms with E-state index in [1.165, 1.54) is 0 Å². The number of hydrogen-bond donors (Lipinski definition) is 0. The van der Waals surface area contributed by atoms with Gasteiger partial charge in [0.25, 0.3) is 11.5 Å². The van der Waals surface area contributed by atoms with Crippen molar-refractivity contribution in [2.24, 2.45) is 0 Å². The zero-order chi connectivity index (χ0) is 20.2. The van der Waals surface area contributed by atoms with Crippen molar-refractivity contribution in [2.75, 3.05) is 6.54 Å². The molecule has 2 aliphatic heterocycles. The number of hydrogen-bond acceptors (Lipinski definition) is 5. The van der Waals surface area contributed by atoms with Gasteiger partial charge in [-0.2, -0.15) is 0 Å². The molecule has 0 radical (unpaired) electrons. The summed E-state index contributed by atoms with van der Waals surface area (Å²) < 4.78 is 3.69. The lowest BCUT2D eigenvalue weighted by molar-refractivity contribution is 0.0729. The molecular formula is C22H20N6O2. The molecular weight excluding hydrogens is 380 g/mol. The predicted molar refractivity (Wildman–Crippen MR) is 110 cm³/mol. The fourth-order valence-electron chi connectivity index (χ4n) is 4.75. The number of nitrogens with zero attached hydrogens (tertiary/aromatic N) is 6. The number of carbonyl (C=O) groups excluding carboxylic acids is 1. The highest BCUT2D eigenvalue weighted by atomic mass is 16.2. The van der Waals surface area contributed by atoms with E-state index in [0.29, 0.717) is 23.0 Å². The number of benzene rings is 1. The second-order valence-corrected chi connectivity index (χ2v) is 7.96. The summed E-state index contributed by atoms with van der Waals surface area (Å²) in [7, 11) is 0. The molecule has 0 spiro atoms. The summed E-state index contributed by atoms with van der Waals surface area (Å²) in [5.41, 5.74) is 1.91. The van der Waals surface area contributed by atoms with Crippen molar-refractivity contribution in [3.8, 4) is 0 Å². The van der Waals surface area contributed by atoms with Crippen LogP contribution >= 0.6 is 0 Å². The fraction of sp³-hybridized carbons (Fsp3) is 0.318. The lowest BCUT2D eigenvalue weighted by Crippen LogP contribution is -2.31. The Morgan fingerprint density at radius 3 is 2.93 bits per heavy atom. The molecule has 8 heteroatoms. The molecule has 0 saturated carbocycles. The van der Waals surface area contributed by atoms with Crippen LogP contribution in [-0.2, 0) is 13.0 Å². The van der Waals surface area contributed by atoms with Crippen molar-refractivity contribution >= 4 is 22.5 Å². The van der Waals surface area contributed by atoms with Crippen molar-refractivity contribution < 1.29 is 4.79 Å². The number of aromatic nitrogens is 5. The summed E-state index contributed by atoms with van der Waals surface area (Å²) in [6.07, 6.45) is 5.43. The second kappa shape index (κ2) is 6.48. The van der Waals surface area contributed by atoms with Gasteiger partial charge in [0.15, 0.2) is 11.5 Å². The average Bonchev–Trinajstić information content (AvgIpc) is 3.51. The van der Waals surface area contributed by atoms with Crippen LogP contribution in [0.4, 0.5) is 0 Å². The Labute approximate surface area is 171 Å². The van der Waals surface area contributed by atoms with E-state index < -0.39 is 0 Å². The lowest BCUT2D eigenvalue weighted by atomic mass is 10.1. The molecule has 150 valence electrons. The molecule has 3 aromatic heterocycles. The van der Waals surface area contributed by atoms with Gasteiger partial charge in [0.1, 0.15) is 5.82 Å². The van der Waals surface area contributed by atoms with Gasteiger partial charge < -0.3 is 4.90 Å². The van der Waals surface area contributed by atoms with Crippen molar-refractivity contribution in [1.82, 2.24) is 29.0 Å².